The number of nitrogens with zero attached hydrogens (tertiary/aromatic N) is 5. The molecule has 204 valence electrons. The van der Waals surface area contributed by atoms with Gasteiger partial charge in [0.25, 0.3) is 0 Å². The van der Waals surface area contributed by atoms with E-state index in [0.29, 0.717) is 29.4 Å². The molecule has 0 unspecified atom stereocenters. The summed E-state index contributed by atoms with van der Waals surface area (Å²) in [7, 11) is 0. The Labute approximate surface area is 224 Å². The zero-order valence-corrected chi connectivity index (χ0v) is 22.3. The molecule has 4 heterocycles. The van der Waals surface area contributed by atoms with Crippen LogP contribution in [0.2, 0.25) is 0 Å². The molecule has 1 aromatic carbocycles. The summed E-state index contributed by atoms with van der Waals surface area (Å²) in [6, 6.07) is 4.54. The highest BCUT2D eigenvalue weighted by Gasteiger charge is 2.30. The second-order valence-electron chi connectivity index (χ2n) is 10.1. The molecule has 4 aromatic rings. The predicted octanol–water partition coefficient (Wildman–Crippen LogP) is 3.99. The first-order valence-corrected chi connectivity index (χ1v) is 12.9. The summed E-state index contributed by atoms with van der Waals surface area (Å²) in [6.45, 7) is 10.5. The van der Waals surface area contributed by atoms with Gasteiger partial charge in [0, 0.05) is 48.6 Å². The molecule has 0 spiro atoms. The van der Waals surface area contributed by atoms with Crippen LogP contribution in [0, 0.1) is 18.6 Å². The monoisotopic (exact) mass is 535 g/mol. The van der Waals surface area contributed by atoms with E-state index in [9.17, 15) is 9.18 Å². The minimum absolute atomic E-state index is 0.0673. The van der Waals surface area contributed by atoms with Gasteiger partial charge >= 0.3 is 0 Å². The van der Waals surface area contributed by atoms with Gasteiger partial charge in [0.1, 0.15) is 22.9 Å². The van der Waals surface area contributed by atoms with Crippen LogP contribution < -0.4 is 21.3 Å². The smallest absolute Gasteiger partial charge is 0.229 e. The van der Waals surface area contributed by atoms with Crippen molar-refractivity contribution < 1.29 is 13.6 Å². The van der Waals surface area contributed by atoms with Crippen LogP contribution in [0.3, 0.4) is 0 Å². The topological polar surface area (TPSA) is 122 Å². The number of amides is 1. The Morgan fingerprint density at radius 3 is 2.62 bits per heavy atom. The first-order valence-electron chi connectivity index (χ1n) is 12.9. The van der Waals surface area contributed by atoms with Crippen LogP contribution in [0.25, 0.3) is 22.3 Å². The lowest BCUT2D eigenvalue weighted by molar-refractivity contribution is -0.117. The third-order valence-electron chi connectivity index (χ3n) is 6.64. The number of hydrogen-bond donors (Lipinski definition) is 4. The molecule has 0 radical (unpaired) electrons. The van der Waals surface area contributed by atoms with Gasteiger partial charge in [0.05, 0.1) is 23.8 Å². The summed E-state index contributed by atoms with van der Waals surface area (Å²) < 4.78 is 32.0. The third kappa shape index (κ3) is 5.43. The van der Waals surface area contributed by atoms with Crippen LogP contribution in [0.4, 0.5) is 26.2 Å². The van der Waals surface area contributed by atoms with Gasteiger partial charge in [-0.1, -0.05) is 6.92 Å². The van der Waals surface area contributed by atoms with Crippen molar-refractivity contribution in [2.75, 3.05) is 30.3 Å². The molecule has 0 saturated carbocycles. The molecule has 0 aliphatic carbocycles. The van der Waals surface area contributed by atoms with E-state index in [-0.39, 0.29) is 35.1 Å². The fourth-order valence-corrected chi connectivity index (χ4v) is 4.95. The van der Waals surface area contributed by atoms with Crippen molar-refractivity contribution in [1.29, 1.82) is 0 Å². The van der Waals surface area contributed by atoms with Crippen LogP contribution in [0.5, 0.6) is 0 Å². The van der Waals surface area contributed by atoms with Crippen molar-refractivity contribution in [2.24, 2.45) is 0 Å². The summed E-state index contributed by atoms with van der Waals surface area (Å²) in [4.78, 5) is 30.6. The number of rotatable bonds is 6. The average Bonchev–Trinajstić information content (AvgIpc) is 3.22. The molecule has 0 fully saturated rings. The number of benzene rings is 1. The lowest BCUT2D eigenvalue weighted by Gasteiger charge is -2.28. The first kappa shape index (κ1) is 26.6. The zero-order valence-electron chi connectivity index (χ0n) is 22.3. The van der Waals surface area contributed by atoms with E-state index in [1.807, 2.05) is 25.3 Å². The number of imidazole rings is 1. The molecule has 3 aromatic heterocycles. The molecule has 4 N–H and O–H groups in total. The van der Waals surface area contributed by atoms with Crippen molar-refractivity contribution in [3.63, 3.8) is 0 Å². The zero-order chi connectivity index (χ0) is 27.7. The Balaban J connectivity index is 1.62. The van der Waals surface area contributed by atoms with E-state index < -0.39 is 17.2 Å². The average molecular weight is 536 g/mol. The molecule has 1 aliphatic heterocycles. The molecule has 0 saturated heterocycles. The number of likely N-dealkylation sites (N-methyl/N-ethyl adjacent to an activating group) is 1. The molecule has 39 heavy (non-hydrogen) atoms. The summed E-state index contributed by atoms with van der Waals surface area (Å²) >= 11 is 0. The number of anilines is 3. The lowest BCUT2D eigenvalue weighted by atomic mass is 9.98. The number of halogens is 2. The quantitative estimate of drug-likeness (QED) is 0.274. The molecule has 5 rings (SSSR count). The number of fused-ring (bicyclic) bond motifs is 6. The third-order valence-corrected chi connectivity index (χ3v) is 6.64. The Morgan fingerprint density at radius 1 is 1.03 bits per heavy atom. The largest absolute Gasteiger partial charge is 0.326 e. The first-order chi connectivity index (χ1) is 18.7. The number of aromatic nitrogens is 5. The van der Waals surface area contributed by atoms with Gasteiger partial charge in [0.15, 0.2) is 11.6 Å². The van der Waals surface area contributed by atoms with Crippen molar-refractivity contribution in [3.05, 3.63) is 53.6 Å². The maximum atomic E-state index is 15.2. The fourth-order valence-electron chi connectivity index (χ4n) is 4.95. The van der Waals surface area contributed by atoms with Crippen molar-refractivity contribution in [1.82, 2.24) is 35.1 Å². The summed E-state index contributed by atoms with van der Waals surface area (Å²) in [5.41, 5.74) is 1.32. The standard InChI is InChI=1S/C27H31F2N9O/c1-5-30-6-7-31-12-17-13-32-22-10-20(17)35-23(39)11-27(3,4)38-15(2)34-25-18(28)8-16(9-21(25)38)24-19(29)14-33-26(36-22)37-24/h8-10,13-14,30-31H,5-7,11-12H2,1-4H3,(H,35,39)(H,32,33,36,37). The minimum Gasteiger partial charge on any atom is -0.326 e. The number of hydrogen-bond acceptors (Lipinski definition) is 8. The van der Waals surface area contributed by atoms with Crippen molar-refractivity contribution >= 4 is 34.4 Å². The van der Waals surface area contributed by atoms with Gasteiger partial charge in [-0.15, -0.1) is 0 Å². The Morgan fingerprint density at radius 2 is 1.82 bits per heavy atom. The Kier molecular flexibility index (Phi) is 7.23. The maximum Gasteiger partial charge on any atom is 0.229 e. The number of nitrogens with one attached hydrogen (secondary N) is 4. The second kappa shape index (κ2) is 10.6. The van der Waals surface area contributed by atoms with Gasteiger partial charge in [0.2, 0.25) is 11.9 Å². The van der Waals surface area contributed by atoms with Gasteiger partial charge in [-0.05, 0) is 39.4 Å². The predicted molar refractivity (Wildman–Crippen MR) is 146 cm³/mol. The van der Waals surface area contributed by atoms with Crippen molar-refractivity contribution in [2.45, 2.75) is 46.2 Å². The molecule has 1 amide bonds. The molecule has 12 heteroatoms. The SMILES string of the molecule is CCNCCNCc1cnc2cc1NC(=O)CC(C)(C)n1c(C)nc3c(F)cc(cc31)-c1nc(ncc1F)N2. The van der Waals surface area contributed by atoms with Crippen LogP contribution >= 0.6 is 0 Å². The van der Waals surface area contributed by atoms with E-state index in [0.717, 1.165) is 31.4 Å². The van der Waals surface area contributed by atoms with Crippen LogP contribution in [-0.4, -0.2) is 50.0 Å². The highest BCUT2D eigenvalue weighted by atomic mass is 19.1. The van der Waals surface area contributed by atoms with Gasteiger partial charge < -0.3 is 25.8 Å². The Hall–Kier alpha value is -4.03. The number of carbonyl (C=O) groups excluding carboxylic acids is 1. The number of pyridine rings is 1. The van der Waals surface area contributed by atoms with Gasteiger partial charge in [-0.2, -0.15) is 0 Å². The molecule has 1 aliphatic rings. The van der Waals surface area contributed by atoms with Crippen molar-refractivity contribution in [3.8, 4) is 11.3 Å². The van der Waals surface area contributed by atoms with Gasteiger partial charge in [-0.3, -0.25) is 4.79 Å². The van der Waals surface area contributed by atoms with E-state index in [1.165, 1.54) is 6.07 Å². The molecule has 0 atom stereocenters. The van der Waals surface area contributed by atoms with E-state index in [1.54, 1.807) is 25.3 Å². The minimum atomic E-state index is -0.790. The van der Waals surface area contributed by atoms with Crippen LogP contribution in [0.15, 0.2) is 30.6 Å². The maximum absolute atomic E-state index is 15.2. The molecule has 6 bridgehead atoms. The normalized spacial score (nSPS) is 14.6. The number of aryl methyl sites for hydroxylation is 1. The molecule has 10 nitrogen and oxygen atoms in total. The molecular formula is C27H31F2N9O. The van der Waals surface area contributed by atoms with E-state index in [2.05, 4.69) is 41.2 Å². The molecular weight excluding hydrogens is 504 g/mol. The van der Waals surface area contributed by atoms with Crippen LogP contribution in [0.1, 0.15) is 38.6 Å². The highest BCUT2D eigenvalue weighted by molar-refractivity contribution is 5.93. The summed E-state index contributed by atoms with van der Waals surface area (Å²) in [5, 5.41) is 12.6. The van der Waals surface area contributed by atoms with E-state index in [4.69, 9.17) is 0 Å². The Bertz CT molecular complexity index is 1550. The van der Waals surface area contributed by atoms with E-state index >= 15 is 4.39 Å². The van der Waals surface area contributed by atoms with Gasteiger partial charge in [-0.25, -0.2) is 28.7 Å². The fraction of sp³-hybridized carbons (Fsp3) is 0.370. The second-order valence-corrected chi connectivity index (χ2v) is 10.1. The number of carbonyl (C=O) groups is 1. The summed E-state index contributed by atoms with van der Waals surface area (Å²) in [5.74, 6) is -0.572. The summed E-state index contributed by atoms with van der Waals surface area (Å²) in [6.07, 6.45) is 2.77. The lowest BCUT2D eigenvalue weighted by Crippen LogP contribution is -2.33. The van der Waals surface area contributed by atoms with Crippen LogP contribution in [-0.2, 0) is 16.9 Å². The highest BCUT2D eigenvalue weighted by Crippen LogP contribution is 2.34.